The number of fused-ring (bicyclic) bond motifs is 6. The molecule has 6 aliphatic heterocycles. The van der Waals surface area contributed by atoms with Gasteiger partial charge in [-0.2, -0.15) is 0 Å². The van der Waals surface area contributed by atoms with Crippen LogP contribution in [0.4, 0.5) is 0 Å². The number of aromatic nitrogens is 2. The molecule has 28 nitrogen and oxygen atoms in total. The van der Waals surface area contributed by atoms with Gasteiger partial charge < -0.3 is 68.9 Å². The molecule has 6 aliphatic rings. The van der Waals surface area contributed by atoms with Gasteiger partial charge in [-0.3, -0.25) is 62.6 Å². The highest BCUT2D eigenvalue weighted by Gasteiger charge is 2.65. The molecular formula is C61H86N13O15P. The summed E-state index contributed by atoms with van der Waals surface area (Å²) in [6.07, 6.45) is -4.84. The zero-order valence-electron chi connectivity index (χ0n) is 52.6. The highest BCUT2D eigenvalue weighted by atomic mass is 31.2. The third-order valence-electron chi connectivity index (χ3n) is 19.8. The molecule has 1 unspecified atom stereocenters. The van der Waals surface area contributed by atoms with Crippen molar-refractivity contribution in [3.63, 3.8) is 0 Å². The normalized spacial score (nSPS) is 31.2. The molecule has 2 aromatic rings. The molecule has 0 aliphatic carbocycles. The lowest BCUT2D eigenvalue weighted by Gasteiger charge is -2.45. The van der Waals surface area contributed by atoms with Crippen molar-refractivity contribution in [2.75, 3.05) is 20.3 Å². The van der Waals surface area contributed by atoms with Gasteiger partial charge in [-0.25, -0.2) is 9.55 Å². The van der Waals surface area contributed by atoms with Crippen LogP contribution in [0.1, 0.15) is 139 Å². The lowest BCUT2D eigenvalue weighted by molar-refractivity contribution is -0.123. The molecular weight excluding hydrogens is 1190 g/mol. The summed E-state index contributed by atoms with van der Waals surface area (Å²) in [5.41, 5.74) is 34.6. The first-order valence-electron chi connectivity index (χ1n) is 30.1. The number of phosphoric acid groups is 1. The molecule has 7 heterocycles. The van der Waals surface area contributed by atoms with E-state index >= 15 is 0 Å². The van der Waals surface area contributed by atoms with E-state index in [1.807, 2.05) is 33.8 Å². The first-order valence-corrected chi connectivity index (χ1v) is 31.6. The van der Waals surface area contributed by atoms with Gasteiger partial charge in [-0.15, -0.1) is 0 Å². The molecule has 0 spiro atoms. The molecule has 14 atom stereocenters. The number of imidazole rings is 1. The highest BCUT2D eigenvalue weighted by molar-refractivity contribution is 7.47. The van der Waals surface area contributed by atoms with Crippen molar-refractivity contribution in [1.29, 1.82) is 0 Å². The summed E-state index contributed by atoms with van der Waals surface area (Å²) in [6.45, 7) is 15.1. The number of aliphatic imine (C=N–C) groups is 4. The van der Waals surface area contributed by atoms with Gasteiger partial charge in [0.15, 0.2) is 6.23 Å². The fraction of sp³-hybridized carbons (Fsp3) is 0.607. The SMILES string of the molecule is COc1ccc2c(c1)ncn2[C@@H]1O[C@@H](CO)[C@H](OP(=O)(O)O[C@H](C)CNC(=O)CC[C@@]2(C)C3=C(C)C4=NC(=CC5=NC(=C(C)C6=N[C@@](C)(C(=N3)[C@@H]2CC(N)=O)[C@](C)(CC(N)=O)[C@@H]6CCC(N)=O)[C@](C)(CC(N)=O)[C@@H]5CCC(N)=O)C(C)(C)[C@@H]4CCC(N)=O)[C@H]1O. The van der Waals surface area contributed by atoms with Crippen LogP contribution in [0.2, 0.25) is 0 Å². The number of hydrogen-bond donors (Lipinski definition) is 10. The monoisotopic (exact) mass is 1270 g/mol. The number of nitrogens with one attached hydrogen (secondary N) is 1. The fourth-order valence-electron chi connectivity index (χ4n) is 14.9. The summed E-state index contributed by atoms with van der Waals surface area (Å²) in [6, 6.07) is 5.03. The van der Waals surface area contributed by atoms with E-state index < -0.39 is 137 Å². The maximum Gasteiger partial charge on any atom is 0.472 e. The number of aliphatic hydroxyl groups is 2. The van der Waals surface area contributed by atoms with Crippen molar-refractivity contribution in [2.24, 2.45) is 99.7 Å². The summed E-state index contributed by atoms with van der Waals surface area (Å²) in [4.78, 5) is 131. The number of phosphoric ester groups is 1. The van der Waals surface area contributed by atoms with Crippen LogP contribution >= 0.6 is 7.82 Å². The van der Waals surface area contributed by atoms with Crippen LogP contribution in [0.25, 0.3) is 11.0 Å². The maximum atomic E-state index is 14.3. The van der Waals surface area contributed by atoms with E-state index in [9.17, 15) is 53.2 Å². The molecule has 0 saturated carbocycles. The van der Waals surface area contributed by atoms with Crippen LogP contribution in [-0.4, -0.2) is 139 Å². The third kappa shape index (κ3) is 13.0. The van der Waals surface area contributed by atoms with Gasteiger partial charge in [0.1, 0.15) is 29.6 Å². The van der Waals surface area contributed by atoms with Gasteiger partial charge in [0, 0.05) is 126 Å². The van der Waals surface area contributed by atoms with Gasteiger partial charge in [0.05, 0.1) is 54.3 Å². The predicted molar refractivity (Wildman–Crippen MR) is 331 cm³/mol. The second-order valence-electron chi connectivity index (χ2n) is 26.2. The zero-order chi connectivity index (χ0) is 66.5. The minimum atomic E-state index is -5.08. The van der Waals surface area contributed by atoms with Crippen molar-refractivity contribution < 1.29 is 71.8 Å². The third-order valence-corrected chi connectivity index (χ3v) is 20.9. The molecule has 8 bridgehead atoms. The topological polar surface area (TPSA) is 470 Å². The van der Waals surface area contributed by atoms with Crippen LogP contribution in [0.15, 0.2) is 78.8 Å². The van der Waals surface area contributed by atoms with E-state index in [2.05, 4.69) is 10.3 Å². The van der Waals surface area contributed by atoms with Crippen molar-refractivity contribution in [3.05, 3.63) is 58.8 Å². The Morgan fingerprint density at radius 2 is 1.37 bits per heavy atom. The quantitative estimate of drug-likeness (QED) is 0.0575. The Kier molecular flexibility index (Phi) is 19.6. The number of carbonyl (C=O) groups excluding carboxylic acids is 7. The summed E-state index contributed by atoms with van der Waals surface area (Å²) in [5.74, 6) is -7.03. The zero-order valence-corrected chi connectivity index (χ0v) is 53.5. The van der Waals surface area contributed by atoms with Crippen molar-refractivity contribution >= 4 is 83.1 Å². The van der Waals surface area contributed by atoms with Crippen LogP contribution in [0, 0.1) is 45.3 Å². The molecule has 0 radical (unpaired) electrons. The van der Waals surface area contributed by atoms with Crippen LogP contribution in [0.3, 0.4) is 0 Å². The van der Waals surface area contributed by atoms with E-state index in [-0.39, 0.29) is 77.2 Å². The largest absolute Gasteiger partial charge is 0.497 e. The average Bonchev–Trinajstić information content (AvgIpc) is 1.53. The number of methoxy groups -OCH3 is 1. The number of aliphatic hydroxyl groups excluding tert-OH is 2. The number of hydrogen-bond acceptors (Lipinski definition) is 19. The molecule has 1 aromatic carbocycles. The standard InChI is InChI=1S/C61H86N13O15P/c1-29(88-90(84,85)89-52-40(27-75)87-56(51(52)83)74-28-69-38-21-32(86-10)11-15-39(38)74)26-68-48(82)19-20-58(6)36(22-45(65)79)55-61(9)60(8,25-47(67)81)35(14-18-44(64)78)50(73-61)31(3)54-59(7,24-46(66)80)33(12-16-42(62)76)37(70-54)23-41-57(4,5)34(13-17-43(63)77)49(71-41)30(2)53(58)72-55/h11,15,21,23,28-29,33-36,40,51-52,56,75,83H,12-14,16-20,22,24-27H2,1-10H3,(H2,62,76)(H2,63,77)(H2,64,78)(H2,65,79)(H2,66,80)(H2,67,81)(H,68,82)(H,84,85)/t29-,33-,34-,35-,36+,40+,51-,52+,56-,58-,59-,60-,61+/m1/s1. The number of amides is 7. The summed E-state index contributed by atoms with van der Waals surface area (Å²) in [7, 11) is -3.59. The molecule has 1 aromatic heterocycles. The Morgan fingerprint density at radius 1 is 0.767 bits per heavy atom. The Balaban J connectivity index is 1.20. The van der Waals surface area contributed by atoms with Gasteiger partial charge in [-0.1, -0.05) is 34.6 Å². The number of ether oxygens (including phenoxy) is 2. The lowest BCUT2D eigenvalue weighted by atomic mass is 9.56. The van der Waals surface area contributed by atoms with Crippen molar-refractivity contribution in [1.82, 2.24) is 14.9 Å². The molecule has 7 amide bonds. The smallest absolute Gasteiger partial charge is 0.472 e. The minimum absolute atomic E-state index is 0.0387. The number of primary amides is 6. The molecule has 29 heteroatoms. The van der Waals surface area contributed by atoms with Crippen LogP contribution < -0.4 is 44.5 Å². The number of nitrogens with zero attached hydrogens (tertiary/aromatic N) is 6. The van der Waals surface area contributed by atoms with E-state index in [0.717, 1.165) is 0 Å². The minimum Gasteiger partial charge on any atom is -0.497 e. The van der Waals surface area contributed by atoms with E-state index in [1.54, 1.807) is 45.9 Å². The highest BCUT2D eigenvalue weighted by Crippen LogP contribution is 2.62. The molecule has 1 saturated heterocycles. The maximum absolute atomic E-state index is 14.3. The van der Waals surface area contributed by atoms with Gasteiger partial charge >= 0.3 is 7.82 Å². The Bertz CT molecular complexity index is 3570. The predicted octanol–water partition coefficient (Wildman–Crippen LogP) is 3.04. The van der Waals surface area contributed by atoms with E-state index in [4.69, 9.17) is 72.9 Å². The van der Waals surface area contributed by atoms with Gasteiger partial charge in [0.2, 0.25) is 41.4 Å². The molecule has 1 fully saturated rings. The first kappa shape index (κ1) is 68.6. The summed E-state index contributed by atoms with van der Waals surface area (Å²) >= 11 is 0. The molecule has 16 N–H and O–H groups in total. The Labute approximate surface area is 521 Å². The van der Waals surface area contributed by atoms with Crippen molar-refractivity contribution in [2.45, 2.75) is 169 Å². The Morgan fingerprint density at radius 3 is 1.96 bits per heavy atom. The number of carbonyl (C=O) groups is 7. The number of nitrogens with two attached hydrogens (primary N) is 6. The Hall–Kier alpha value is -7.33. The van der Waals surface area contributed by atoms with E-state index in [0.29, 0.717) is 67.9 Å². The molecule has 8 rings (SSSR count). The number of benzene rings is 1. The fourth-order valence-corrected chi connectivity index (χ4v) is 16.0. The number of allylic oxidation sites excluding steroid dienone is 6. The second-order valence-corrected chi connectivity index (χ2v) is 27.6. The van der Waals surface area contributed by atoms with Crippen molar-refractivity contribution in [3.8, 4) is 5.75 Å². The summed E-state index contributed by atoms with van der Waals surface area (Å²) in [5, 5.41) is 24.5. The van der Waals surface area contributed by atoms with Crippen LogP contribution in [-0.2, 0) is 51.9 Å². The molecule has 490 valence electrons. The lowest BCUT2D eigenvalue weighted by Crippen LogP contribution is -2.54. The molecule has 90 heavy (non-hydrogen) atoms. The van der Waals surface area contributed by atoms with Gasteiger partial charge in [-0.05, 0) is 82.7 Å². The first-order chi connectivity index (χ1) is 42.0. The van der Waals surface area contributed by atoms with Gasteiger partial charge in [0.25, 0.3) is 0 Å². The summed E-state index contributed by atoms with van der Waals surface area (Å²) < 4.78 is 37.4. The van der Waals surface area contributed by atoms with Crippen LogP contribution in [0.5, 0.6) is 5.75 Å². The number of rotatable bonds is 27. The second kappa shape index (κ2) is 25.7. The van der Waals surface area contributed by atoms with E-state index in [1.165, 1.54) is 24.9 Å². The average molecular weight is 1270 g/mol.